The molecule has 5 nitrogen and oxygen atoms in total. The van der Waals surface area contributed by atoms with Crippen molar-refractivity contribution in [2.24, 2.45) is 5.73 Å². The number of hydrogen-bond acceptors (Lipinski definition) is 5. The van der Waals surface area contributed by atoms with Crippen molar-refractivity contribution in [3.8, 4) is 11.5 Å². The van der Waals surface area contributed by atoms with Crippen molar-refractivity contribution < 1.29 is 14.2 Å². The number of benzene rings is 1. The van der Waals surface area contributed by atoms with Crippen molar-refractivity contribution in [1.29, 1.82) is 0 Å². The Labute approximate surface area is 115 Å². The average molecular weight is 268 g/mol. The molecule has 0 aromatic heterocycles. The van der Waals surface area contributed by atoms with Gasteiger partial charge in [0, 0.05) is 33.3 Å². The molecule has 0 fully saturated rings. The highest BCUT2D eigenvalue weighted by Crippen LogP contribution is 2.16. The molecule has 2 N–H and O–H groups in total. The van der Waals surface area contributed by atoms with Gasteiger partial charge in [0.1, 0.15) is 18.1 Å². The van der Waals surface area contributed by atoms with Crippen LogP contribution in [-0.4, -0.2) is 58.5 Å². The van der Waals surface area contributed by atoms with Crippen LogP contribution < -0.4 is 15.2 Å². The Bertz CT molecular complexity index is 330. The van der Waals surface area contributed by atoms with Crippen LogP contribution in [0.4, 0.5) is 0 Å². The lowest BCUT2D eigenvalue weighted by Crippen LogP contribution is -2.35. The largest absolute Gasteiger partial charge is 0.497 e. The first-order valence-corrected chi connectivity index (χ1v) is 6.48. The molecule has 0 amide bonds. The first-order chi connectivity index (χ1) is 9.30. The van der Waals surface area contributed by atoms with Crippen LogP contribution in [0.15, 0.2) is 24.3 Å². The minimum atomic E-state index is 0.635. The molecule has 0 radical (unpaired) electrons. The second-order valence-electron chi connectivity index (χ2n) is 4.15. The smallest absolute Gasteiger partial charge is 0.119 e. The molecule has 1 aromatic rings. The van der Waals surface area contributed by atoms with Crippen molar-refractivity contribution in [3.05, 3.63) is 24.3 Å². The predicted octanol–water partition coefficient (Wildman–Crippen LogP) is 0.981. The molecule has 0 aliphatic carbocycles. The van der Waals surface area contributed by atoms with E-state index in [2.05, 4.69) is 4.90 Å². The zero-order valence-corrected chi connectivity index (χ0v) is 11.8. The van der Waals surface area contributed by atoms with Crippen LogP contribution in [0, 0.1) is 0 Å². The van der Waals surface area contributed by atoms with Crippen molar-refractivity contribution >= 4 is 0 Å². The van der Waals surface area contributed by atoms with Gasteiger partial charge in [0.05, 0.1) is 13.7 Å². The summed E-state index contributed by atoms with van der Waals surface area (Å²) in [6, 6.07) is 7.58. The van der Waals surface area contributed by atoms with Crippen molar-refractivity contribution in [3.63, 3.8) is 0 Å². The van der Waals surface area contributed by atoms with E-state index in [1.807, 2.05) is 24.3 Å². The molecule has 108 valence electrons. The molecule has 0 heterocycles. The Morgan fingerprint density at radius 2 is 1.58 bits per heavy atom. The Morgan fingerprint density at radius 1 is 0.947 bits per heavy atom. The lowest BCUT2D eigenvalue weighted by atomic mass is 10.3. The van der Waals surface area contributed by atoms with Crippen LogP contribution >= 0.6 is 0 Å². The molecule has 0 aliphatic rings. The van der Waals surface area contributed by atoms with Gasteiger partial charge >= 0.3 is 0 Å². The molecule has 1 aromatic carbocycles. The summed E-state index contributed by atoms with van der Waals surface area (Å²) in [5.74, 6) is 1.68. The number of hydrogen-bond donors (Lipinski definition) is 1. The van der Waals surface area contributed by atoms with Crippen LogP contribution in [-0.2, 0) is 4.74 Å². The quantitative estimate of drug-likeness (QED) is 0.685. The molecule has 0 atom stereocenters. The molecule has 0 saturated heterocycles. The van der Waals surface area contributed by atoms with E-state index in [-0.39, 0.29) is 0 Å². The Balaban J connectivity index is 2.29. The minimum absolute atomic E-state index is 0.635. The highest BCUT2D eigenvalue weighted by atomic mass is 16.5. The van der Waals surface area contributed by atoms with E-state index >= 15 is 0 Å². The third-order valence-corrected chi connectivity index (χ3v) is 2.79. The number of methoxy groups -OCH3 is 2. The molecule has 0 unspecified atom stereocenters. The number of nitrogens with two attached hydrogens (primary N) is 1. The fourth-order valence-electron chi connectivity index (χ4n) is 1.70. The second kappa shape index (κ2) is 9.61. The highest BCUT2D eigenvalue weighted by molar-refractivity contribution is 5.31. The lowest BCUT2D eigenvalue weighted by Gasteiger charge is -2.21. The Hall–Kier alpha value is -1.30. The highest BCUT2D eigenvalue weighted by Gasteiger charge is 2.04. The molecule has 19 heavy (non-hydrogen) atoms. The van der Waals surface area contributed by atoms with Gasteiger partial charge in [0.15, 0.2) is 0 Å². The topological polar surface area (TPSA) is 57.0 Å². The van der Waals surface area contributed by atoms with Gasteiger partial charge in [-0.15, -0.1) is 0 Å². The summed E-state index contributed by atoms with van der Waals surface area (Å²) in [7, 11) is 3.35. The second-order valence-corrected chi connectivity index (χ2v) is 4.15. The summed E-state index contributed by atoms with van der Waals surface area (Å²) in [6.45, 7) is 4.56. The molecular formula is C14H24N2O3. The van der Waals surface area contributed by atoms with Gasteiger partial charge in [-0.05, 0) is 24.3 Å². The number of ether oxygens (including phenoxy) is 3. The summed E-state index contributed by atoms with van der Waals surface area (Å²) in [6.07, 6.45) is 0. The van der Waals surface area contributed by atoms with Gasteiger partial charge in [0.25, 0.3) is 0 Å². The first-order valence-electron chi connectivity index (χ1n) is 6.48. The van der Waals surface area contributed by atoms with Crippen LogP contribution in [0.25, 0.3) is 0 Å². The molecule has 0 aliphatic heterocycles. The molecule has 5 heteroatoms. The van der Waals surface area contributed by atoms with Gasteiger partial charge in [-0.1, -0.05) is 0 Å². The molecular weight excluding hydrogens is 244 g/mol. The third kappa shape index (κ3) is 6.42. The van der Waals surface area contributed by atoms with Crippen molar-refractivity contribution in [2.45, 2.75) is 0 Å². The Kier molecular flexibility index (Phi) is 7.97. The lowest BCUT2D eigenvalue weighted by molar-refractivity contribution is 0.137. The minimum Gasteiger partial charge on any atom is -0.497 e. The zero-order chi connectivity index (χ0) is 13.9. The van der Waals surface area contributed by atoms with Crippen molar-refractivity contribution in [1.82, 2.24) is 4.90 Å². The summed E-state index contributed by atoms with van der Waals surface area (Å²) >= 11 is 0. The molecule has 0 spiro atoms. The third-order valence-electron chi connectivity index (χ3n) is 2.79. The van der Waals surface area contributed by atoms with E-state index in [1.54, 1.807) is 14.2 Å². The first kappa shape index (κ1) is 15.8. The van der Waals surface area contributed by atoms with Gasteiger partial charge < -0.3 is 19.9 Å². The maximum Gasteiger partial charge on any atom is 0.119 e. The van der Waals surface area contributed by atoms with Crippen LogP contribution in [0.5, 0.6) is 11.5 Å². The zero-order valence-electron chi connectivity index (χ0n) is 11.8. The Morgan fingerprint density at radius 3 is 2.16 bits per heavy atom. The summed E-state index contributed by atoms with van der Waals surface area (Å²) in [5, 5.41) is 0. The fraction of sp³-hybridized carbons (Fsp3) is 0.571. The number of rotatable bonds is 10. The molecule has 0 bridgehead atoms. The summed E-state index contributed by atoms with van der Waals surface area (Å²) in [5.41, 5.74) is 5.58. The van der Waals surface area contributed by atoms with E-state index in [9.17, 15) is 0 Å². The predicted molar refractivity (Wildman–Crippen MR) is 75.9 cm³/mol. The van der Waals surface area contributed by atoms with E-state index in [1.165, 1.54) is 0 Å². The molecule has 0 saturated carbocycles. The van der Waals surface area contributed by atoms with Crippen molar-refractivity contribution in [2.75, 3.05) is 53.6 Å². The van der Waals surface area contributed by atoms with Crippen LogP contribution in [0.2, 0.25) is 0 Å². The van der Waals surface area contributed by atoms with E-state index in [0.717, 1.165) is 31.1 Å². The SMILES string of the molecule is COCCN(CCN)CCOc1ccc(OC)cc1. The molecule has 1 rings (SSSR count). The van der Waals surface area contributed by atoms with Crippen LogP contribution in [0.3, 0.4) is 0 Å². The van der Waals surface area contributed by atoms with Gasteiger partial charge in [0.2, 0.25) is 0 Å². The monoisotopic (exact) mass is 268 g/mol. The summed E-state index contributed by atoms with van der Waals surface area (Å²) < 4.78 is 15.9. The van der Waals surface area contributed by atoms with E-state index in [4.69, 9.17) is 19.9 Å². The van der Waals surface area contributed by atoms with Gasteiger partial charge in [-0.3, -0.25) is 4.90 Å². The average Bonchev–Trinajstić information content (AvgIpc) is 2.45. The fourth-order valence-corrected chi connectivity index (χ4v) is 1.70. The van der Waals surface area contributed by atoms with Crippen LogP contribution in [0.1, 0.15) is 0 Å². The standard InChI is InChI=1S/C14H24N2O3/c1-17-11-9-16(8-7-15)10-12-19-14-5-3-13(18-2)4-6-14/h3-6H,7-12,15H2,1-2H3. The summed E-state index contributed by atoms with van der Waals surface area (Å²) in [4.78, 5) is 2.23. The number of nitrogens with zero attached hydrogens (tertiary/aromatic N) is 1. The van der Waals surface area contributed by atoms with E-state index in [0.29, 0.717) is 19.8 Å². The van der Waals surface area contributed by atoms with Gasteiger partial charge in [-0.2, -0.15) is 0 Å². The maximum atomic E-state index is 5.68. The normalized spacial score (nSPS) is 10.7. The maximum absolute atomic E-state index is 5.68. The van der Waals surface area contributed by atoms with Gasteiger partial charge in [-0.25, -0.2) is 0 Å². The van der Waals surface area contributed by atoms with E-state index < -0.39 is 0 Å².